The molecular weight excluding hydrogens is 237 g/mol. The van der Waals surface area contributed by atoms with E-state index in [-0.39, 0.29) is 19.0 Å². The lowest BCUT2D eigenvalue weighted by Gasteiger charge is -2.13. The molecule has 1 aliphatic heterocycles. The number of hydrogen-bond donors (Lipinski definition) is 1. The maximum atomic E-state index is 12.6. The molecule has 0 unspecified atom stereocenters. The molecular formula is C8H10FN3O3S. The van der Waals surface area contributed by atoms with Crippen LogP contribution in [0.25, 0.3) is 0 Å². The van der Waals surface area contributed by atoms with E-state index < -0.39 is 27.0 Å². The average molecular weight is 247 g/mol. The molecule has 0 amide bonds. The van der Waals surface area contributed by atoms with Crippen LogP contribution in [0.5, 0.6) is 0 Å². The van der Waals surface area contributed by atoms with Gasteiger partial charge in [-0.2, -0.15) is 0 Å². The zero-order valence-electron chi connectivity index (χ0n) is 8.21. The Morgan fingerprint density at radius 1 is 1.38 bits per heavy atom. The zero-order valence-corrected chi connectivity index (χ0v) is 9.02. The number of ether oxygens (including phenoxy) is 1. The van der Waals surface area contributed by atoms with Gasteiger partial charge in [-0.15, -0.1) is 0 Å². The molecule has 0 saturated carbocycles. The molecule has 1 saturated heterocycles. The lowest BCUT2D eigenvalue weighted by Crippen LogP contribution is -2.34. The van der Waals surface area contributed by atoms with Gasteiger partial charge in [0.15, 0.2) is 5.82 Å². The van der Waals surface area contributed by atoms with Crippen LogP contribution in [0.3, 0.4) is 0 Å². The minimum absolute atomic E-state index is 0.0181. The lowest BCUT2D eigenvalue weighted by atomic mass is 10.1. The van der Waals surface area contributed by atoms with Gasteiger partial charge in [-0.25, -0.2) is 27.9 Å². The summed E-state index contributed by atoms with van der Waals surface area (Å²) in [5, 5.41) is 4.20. The number of rotatable bonds is 2. The first-order valence-electron chi connectivity index (χ1n) is 4.55. The van der Waals surface area contributed by atoms with Crippen molar-refractivity contribution >= 4 is 10.0 Å². The molecule has 0 spiro atoms. The van der Waals surface area contributed by atoms with E-state index in [0.29, 0.717) is 0 Å². The van der Waals surface area contributed by atoms with Gasteiger partial charge < -0.3 is 4.74 Å². The van der Waals surface area contributed by atoms with Gasteiger partial charge in [0, 0.05) is 0 Å². The summed E-state index contributed by atoms with van der Waals surface area (Å²) >= 11 is 0. The minimum Gasteiger partial charge on any atom is -0.379 e. The number of nitrogens with zero attached hydrogens (tertiary/aromatic N) is 2. The van der Waals surface area contributed by atoms with Crippen molar-refractivity contribution in [3.8, 4) is 0 Å². The Hall–Kier alpha value is -1.12. The fourth-order valence-corrected chi connectivity index (χ4v) is 2.56. The van der Waals surface area contributed by atoms with Crippen LogP contribution >= 0.6 is 0 Å². The molecule has 8 heteroatoms. The van der Waals surface area contributed by atoms with Crippen LogP contribution in [0.15, 0.2) is 12.4 Å². The van der Waals surface area contributed by atoms with Crippen molar-refractivity contribution in [2.75, 3.05) is 13.2 Å². The Morgan fingerprint density at radius 2 is 2.00 bits per heavy atom. The topological polar surface area (TPSA) is 95.2 Å². The van der Waals surface area contributed by atoms with E-state index in [4.69, 9.17) is 9.88 Å². The molecule has 1 aromatic rings. The van der Waals surface area contributed by atoms with Gasteiger partial charge in [-0.1, -0.05) is 0 Å². The quantitative estimate of drug-likeness (QED) is 0.752. The van der Waals surface area contributed by atoms with E-state index >= 15 is 0 Å². The van der Waals surface area contributed by atoms with Crippen molar-refractivity contribution in [2.24, 2.45) is 5.14 Å². The largest absolute Gasteiger partial charge is 0.379 e. The van der Waals surface area contributed by atoms with E-state index in [1.54, 1.807) is 0 Å². The van der Waals surface area contributed by atoms with Crippen LogP contribution in [0.1, 0.15) is 11.7 Å². The smallest absolute Gasteiger partial charge is 0.215 e. The normalized spacial score (nSPS) is 25.9. The second-order valence-corrected chi connectivity index (χ2v) is 5.31. The highest BCUT2D eigenvalue weighted by molar-refractivity contribution is 7.89. The van der Waals surface area contributed by atoms with E-state index in [0.717, 1.165) is 12.4 Å². The second kappa shape index (κ2) is 4.04. The molecule has 1 aromatic heterocycles. The second-order valence-electron chi connectivity index (χ2n) is 3.53. The van der Waals surface area contributed by atoms with Gasteiger partial charge in [0.2, 0.25) is 10.0 Å². The molecule has 0 aromatic carbocycles. The number of nitrogens with two attached hydrogens (primary N) is 1. The minimum atomic E-state index is -3.71. The molecule has 88 valence electrons. The predicted octanol–water partition coefficient (Wildman–Crippen LogP) is -0.613. The monoisotopic (exact) mass is 247 g/mol. The van der Waals surface area contributed by atoms with Crippen molar-refractivity contribution in [2.45, 2.75) is 11.2 Å². The van der Waals surface area contributed by atoms with E-state index in [9.17, 15) is 12.8 Å². The highest BCUT2D eigenvalue weighted by Crippen LogP contribution is 2.26. The van der Waals surface area contributed by atoms with Crippen molar-refractivity contribution < 1.29 is 17.5 Å². The van der Waals surface area contributed by atoms with Gasteiger partial charge in [-0.3, -0.25) is 0 Å². The van der Waals surface area contributed by atoms with Crippen LogP contribution in [0.2, 0.25) is 0 Å². The summed E-state index contributed by atoms with van der Waals surface area (Å²) in [6, 6.07) is 0. The summed E-state index contributed by atoms with van der Waals surface area (Å²) < 4.78 is 40.2. The molecule has 2 atom stereocenters. The molecule has 2 heterocycles. The summed E-state index contributed by atoms with van der Waals surface area (Å²) in [5.74, 6) is -0.872. The highest BCUT2D eigenvalue weighted by atomic mass is 32.2. The Kier molecular flexibility index (Phi) is 2.87. The van der Waals surface area contributed by atoms with Gasteiger partial charge in [0.25, 0.3) is 0 Å². The number of hydrogen-bond acceptors (Lipinski definition) is 5. The Labute approximate surface area is 91.7 Å². The molecule has 0 aliphatic carbocycles. The SMILES string of the molecule is NS(=O)(=O)[C@H]1COC[C@@H]1c1ncc(F)cn1. The van der Waals surface area contributed by atoms with Gasteiger partial charge in [0.05, 0.1) is 31.5 Å². The third kappa shape index (κ3) is 2.18. The van der Waals surface area contributed by atoms with Crippen molar-refractivity contribution in [1.29, 1.82) is 0 Å². The summed E-state index contributed by atoms with van der Waals surface area (Å²) in [7, 11) is -3.71. The first-order chi connectivity index (χ1) is 7.48. The van der Waals surface area contributed by atoms with Crippen LogP contribution in [-0.2, 0) is 14.8 Å². The van der Waals surface area contributed by atoms with E-state index in [1.165, 1.54) is 0 Å². The molecule has 1 aliphatic rings. The summed E-state index contributed by atoms with van der Waals surface area (Å²) in [6.07, 6.45) is 1.97. The molecule has 2 N–H and O–H groups in total. The van der Waals surface area contributed by atoms with E-state index in [2.05, 4.69) is 9.97 Å². The lowest BCUT2D eigenvalue weighted by molar-refractivity contribution is 0.193. The molecule has 0 bridgehead atoms. The van der Waals surface area contributed by atoms with Crippen LogP contribution in [0.4, 0.5) is 4.39 Å². The van der Waals surface area contributed by atoms with Crippen LogP contribution in [0, 0.1) is 5.82 Å². The predicted molar refractivity (Wildman–Crippen MR) is 52.4 cm³/mol. The number of halogens is 1. The van der Waals surface area contributed by atoms with Crippen molar-refractivity contribution in [3.63, 3.8) is 0 Å². The molecule has 0 radical (unpaired) electrons. The fraction of sp³-hybridized carbons (Fsp3) is 0.500. The fourth-order valence-electron chi connectivity index (χ4n) is 1.61. The van der Waals surface area contributed by atoms with Gasteiger partial charge in [0.1, 0.15) is 11.1 Å². The average Bonchev–Trinajstić information content (AvgIpc) is 2.66. The summed E-state index contributed by atoms with van der Waals surface area (Å²) in [5.41, 5.74) is 0. The molecule has 2 rings (SSSR count). The Morgan fingerprint density at radius 3 is 2.56 bits per heavy atom. The standard InChI is InChI=1S/C8H10FN3O3S/c9-5-1-11-8(12-2-5)6-3-15-4-7(6)16(10,13)14/h1-2,6-7H,3-4H2,(H2,10,13,14)/t6-,7-/m0/s1. The summed E-state index contributed by atoms with van der Waals surface area (Å²) in [4.78, 5) is 7.48. The van der Waals surface area contributed by atoms with Crippen LogP contribution in [-0.4, -0.2) is 36.8 Å². The molecule has 6 nitrogen and oxygen atoms in total. The number of aromatic nitrogens is 2. The number of sulfonamides is 1. The van der Waals surface area contributed by atoms with Crippen LogP contribution < -0.4 is 5.14 Å². The highest BCUT2D eigenvalue weighted by Gasteiger charge is 2.39. The van der Waals surface area contributed by atoms with Crippen molar-refractivity contribution in [1.82, 2.24) is 9.97 Å². The molecule has 16 heavy (non-hydrogen) atoms. The third-order valence-corrected chi connectivity index (χ3v) is 3.73. The molecule has 1 fully saturated rings. The Bertz CT molecular complexity index is 476. The maximum Gasteiger partial charge on any atom is 0.215 e. The van der Waals surface area contributed by atoms with E-state index in [1.807, 2.05) is 0 Å². The van der Waals surface area contributed by atoms with Gasteiger partial charge in [-0.05, 0) is 0 Å². The first-order valence-corrected chi connectivity index (χ1v) is 6.16. The number of primary sulfonamides is 1. The van der Waals surface area contributed by atoms with Gasteiger partial charge >= 0.3 is 0 Å². The van der Waals surface area contributed by atoms with Crippen molar-refractivity contribution in [3.05, 3.63) is 24.0 Å². The first kappa shape index (κ1) is 11.4. The maximum absolute atomic E-state index is 12.6. The zero-order chi connectivity index (χ0) is 11.8. The third-order valence-electron chi connectivity index (χ3n) is 2.42. The Balaban J connectivity index is 2.30. The summed E-state index contributed by atoms with van der Waals surface area (Å²) in [6.45, 7) is 0.191.